The van der Waals surface area contributed by atoms with Gasteiger partial charge in [0.1, 0.15) is 11.5 Å². The van der Waals surface area contributed by atoms with Gasteiger partial charge in [-0.05, 0) is 73.6 Å². The zero-order valence-corrected chi connectivity index (χ0v) is 16.6. The highest BCUT2D eigenvalue weighted by Crippen LogP contribution is 2.26. The molecule has 1 amide bonds. The Hall–Kier alpha value is -1.94. The fraction of sp³-hybridized carbons (Fsp3) is 0.389. The average molecular weight is 469 g/mol. The Balaban J connectivity index is 1.75. The van der Waals surface area contributed by atoms with Crippen LogP contribution in [0, 0.1) is 20.6 Å². The molecule has 0 spiro atoms. The van der Waals surface area contributed by atoms with E-state index in [2.05, 4.69) is 10.2 Å². The number of halogens is 1. The zero-order chi connectivity index (χ0) is 18.7. The molecule has 1 aliphatic rings. The van der Waals surface area contributed by atoms with E-state index in [1.807, 2.05) is 41.6 Å². The molecule has 1 unspecified atom stereocenters. The number of nitrogens with zero attached hydrogens (tertiary/aromatic N) is 2. The number of hydrogen-bond acceptors (Lipinski definition) is 5. The Morgan fingerprint density at radius 3 is 2.69 bits per heavy atom. The fourth-order valence-electron chi connectivity index (χ4n) is 3.18. The van der Waals surface area contributed by atoms with Gasteiger partial charge in [-0.15, -0.1) is 0 Å². The number of hydrogen-bond donors (Lipinski definition) is 1. The van der Waals surface area contributed by atoms with Gasteiger partial charge >= 0.3 is 0 Å². The average Bonchev–Trinajstić information content (AvgIpc) is 3.27. The third-order valence-corrected chi connectivity index (χ3v) is 5.47. The van der Waals surface area contributed by atoms with E-state index in [4.69, 9.17) is 4.42 Å². The summed E-state index contributed by atoms with van der Waals surface area (Å²) in [6, 6.07) is 8.13. The second-order valence-corrected chi connectivity index (χ2v) is 7.50. The molecule has 138 valence electrons. The number of benzene rings is 1. The maximum absolute atomic E-state index is 12.6. The molecule has 0 bridgehead atoms. The molecule has 1 aromatic carbocycles. The molecule has 1 aliphatic heterocycles. The van der Waals surface area contributed by atoms with Crippen molar-refractivity contribution in [2.75, 3.05) is 19.6 Å². The van der Waals surface area contributed by atoms with Crippen LogP contribution in [0.25, 0.3) is 0 Å². The highest BCUT2D eigenvalue weighted by molar-refractivity contribution is 14.1. The van der Waals surface area contributed by atoms with Crippen molar-refractivity contribution in [3.05, 3.63) is 61.1 Å². The first-order chi connectivity index (χ1) is 12.5. The van der Waals surface area contributed by atoms with Crippen LogP contribution in [0.2, 0.25) is 0 Å². The number of furan rings is 1. The number of nitro benzene ring substituents is 1. The molecule has 1 N–H and O–H groups in total. The van der Waals surface area contributed by atoms with Gasteiger partial charge in [-0.3, -0.25) is 19.8 Å². The molecule has 3 rings (SSSR count). The summed E-state index contributed by atoms with van der Waals surface area (Å²) in [5, 5.41) is 13.9. The van der Waals surface area contributed by atoms with Gasteiger partial charge < -0.3 is 9.73 Å². The lowest BCUT2D eigenvalue weighted by molar-refractivity contribution is -0.384. The van der Waals surface area contributed by atoms with Crippen molar-refractivity contribution in [2.45, 2.75) is 25.8 Å². The van der Waals surface area contributed by atoms with Crippen LogP contribution < -0.4 is 5.32 Å². The van der Waals surface area contributed by atoms with Crippen LogP contribution >= 0.6 is 22.6 Å². The van der Waals surface area contributed by atoms with E-state index in [1.165, 1.54) is 12.1 Å². The Bertz CT molecular complexity index is 815. The first-order valence-corrected chi connectivity index (χ1v) is 9.56. The van der Waals surface area contributed by atoms with Gasteiger partial charge in [0, 0.05) is 22.2 Å². The minimum Gasteiger partial charge on any atom is -0.465 e. The molecule has 7 nitrogen and oxygen atoms in total. The van der Waals surface area contributed by atoms with E-state index in [0.717, 1.165) is 37.5 Å². The number of carbonyl (C=O) groups is 1. The van der Waals surface area contributed by atoms with E-state index in [9.17, 15) is 14.9 Å². The van der Waals surface area contributed by atoms with Gasteiger partial charge in [0.15, 0.2) is 0 Å². The van der Waals surface area contributed by atoms with Gasteiger partial charge in [-0.25, -0.2) is 0 Å². The van der Waals surface area contributed by atoms with Crippen molar-refractivity contribution in [1.29, 1.82) is 0 Å². The Labute approximate surface area is 165 Å². The van der Waals surface area contributed by atoms with Crippen molar-refractivity contribution in [2.24, 2.45) is 0 Å². The molecule has 0 radical (unpaired) electrons. The van der Waals surface area contributed by atoms with E-state index in [0.29, 0.717) is 15.7 Å². The summed E-state index contributed by atoms with van der Waals surface area (Å²) in [6.45, 7) is 4.22. The van der Waals surface area contributed by atoms with Crippen molar-refractivity contribution in [1.82, 2.24) is 10.2 Å². The number of carbonyl (C=O) groups excluding carboxylic acids is 1. The van der Waals surface area contributed by atoms with Crippen molar-refractivity contribution >= 4 is 34.2 Å². The van der Waals surface area contributed by atoms with Crippen LogP contribution in [0.15, 0.2) is 34.7 Å². The van der Waals surface area contributed by atoms with Gasteiger partial charge in [-0.1, -0.05) is 0 Å². The molecule has 0 aliphatic carbocycles. The normalized spacial score (nSPS) is 15.8. The highest BCUT2D eigenvalue weighted by Gasteiger charge is 2.27. The summed E-state index contributed by atoms with van der Waals surface area (Å²) >= 11 is 2.01. The quantitative estimate of drug-likeness (QED) is 0.396. The van der Waals surface area contributed by atoms with Gasteiger partial charge in [0.25, 0.3) is 11.6 Å². The standard InChI is InChI=1S/C18H20IN3O4/c1-12-4-7-17(26-12)16(21-8-2-3-9-21)11-20-18(23)14-10-13(22(24)25)5-6-15(14)19/h4-7,10,16H,2-3,8-9,11H2,1H3,(H,20,23). The number of aryl methyl sites for hydroxylation is 1. The summed E-state index contributed by atoms with van der Waals surface area (Å²) in [7, 11) is 0. The van der Waals surface area contributed by atoms with Gasteiger partial charge in [0.2, 0.25) is 0 Å². The predicted octanol–water partition coefficient (Wildman–Crippen LogP) is 3.67. The maximum Gasteiger partial charge on any atom is 0.270 e. The summed E-state index contributed by atoms with van der Waals surface area (Å²) in [5.74, 6) is 1.35. The van der Waals surface area contributed by atoms with Crippen LogP contribution in [-0.4, -0.2) is 35.4 Å². The SMILES string of the molecule is Cc1ccc(C(CNC(=O)c2cc([N+](=O)[O-])ccc2I)N2CCCC2)o1. The summed E-state index contributed by atoms with van der Waals surface area (Å²) in [4.78, 5) is 25.4. The van der Waals surface area contributed by atoms with E-state index in [-0.39, 0.29) is 17.6 Å². The van der Waals surface area contributed by atoms with E-state index in [1.54, 1.807) is 6.07 Å². The maximum atomic E-state index is 12.6. The summed E-state index contributed by atoms with van der Waals surface area (Å²) in [5.41, 5.74) is 0.226. The lowest BCUT2D eigenvalue weighted by atomic mass is 10.1. The Morgan fingerprint density at radius 2 is 2.08 bits per heavy atom. The van der Waals surface area contributed by atoms with Gasteiger partial charge in [-0.2, -0.15) is 0 Å². The molecule has 1 atom stereocenters. The fourth-order valence-corrected chi connectivity index (χ4v) is 3.76. The van der Waals surface area contributed by atoms with Crippen LogP contribution in [0.3, 0.4) is 0 Å². The van der Waals surface area contributed by atoms with Crippen LogP contribution in [0.5, 0.6) is 0 Å². The second-order valence-electron chi connectivity index (χ2n) is 6.34. The predicted molar refractivity (Wildman–Crippen MR) is 105 cm³/mol. The van der Waals surface area contributed by atoms with Crippen molar-refractivity contribution < 1.29 is 14.1 Å². The molecular formula is C18H20IN3O4. The number of nitrogens with one attached hydrogen (secondary N) is 1. The second kappa shape index (κ2) is 8.17. The number of rotatable bonds is 6. The number of amides is 1. The molecule has 2 heterocycles. The lowest BCUT2D eigenvalue weighted by Crippen LogP contribution is -2.36. The summed E-state index contributed by atoms with van der Waals surface area (Å²) in [6.07, 6.45) is 2.26. The van der Waals surface area contributed by atoms with Crippen LogP contribution in [0.4, 0.5) is 5.69 Å². The van der Waals surface area contributed by atoms with E-state index >= 15 is 0 Å². The molecule has 1 fully saturated rings. The van der Waals surface area contributed by atoms with E-state index < -0.39 is 4.92 Å². The minimum atomic E-state index is -0.495. The number of nitro groups is 1. The van der Waals surface area contributed by atoms with Crippen LogP contribution in [0.1, 0.15) is 40.8 Å². The topological polar surface area (TPSA) is 88.6 Å². The summed E-state index contributed by atoms with van der Waals surface area (Å²) < 4.78 is 6.46. The monoisotopic (exact) mass is 469 g/mol. The first-order valence-electron chi connectivity index (χ1n) is 8.48. The smallest absolute Gasteiger partial charge is 0.270 e. The highest BCUT2D eigenvalue weighted by atomic mass is 127. The third-order valence-electron chi connectivity index (χ3n) is 4.53. The molecule has 1 aromatic heterocycles. The molecule has 2 aromatic rings. The van der Waals surface area contributed by atoms with Gasteiger partial charge in [0.05, 0.1) is 16.5 Å². The largest absolute Gasteiger partial charge is 0.465 e. The van der Waals surface area contributed by atoms with Crippen molar-refractivity contribution in [3.8, 4) is 0 Å². The Morgan fingerprint density at radius 1 is 1.35 bits per heavy atom. The number of likely N-dealkylation sites (tertiary alicyclic amines) is 1. The molecule has 8 heteroatoms. The third kappa shape index (κ3) is 4.24. The lowest BCUT2D eigenvalue weighted by Gasteiger charge is -2.26. The zero-order valence-electron chi connectivity index (χ0n) is 14.4. The first kappa shape index (κ1) is 18.8. The molecule has 0 saturated carbocycles. The minimum absolute atomic E-state index is 0.0356. The molecule has 1 saturated heterocycles. The van der Waals surface area contributed by atoms with Crippen LogP contribution in [-0.2, 0) is 0 Å². The Kier molecular flexibility index (Phi) is 5.92. The number of non-ortho nitro benzene ring substituents is 1. The van der Waals surface area contributed by atoms with Crippen molar-refractivity contribution in [3.63, 3.8) is 0 Å². The molecular weight excluding hydrogens is 449 g/mol. The molecule has 26 heavy (non-hydrogen) atoms.